The average molecular weight is 322 g/mol. The fourth-order valence-corrected chi connectivity index (χ4v) is 1.94. The van der Waals surface area contributed by atoms with Crippen LogP contribution in [0.1, 0.15) is 11.3 Å². The second-order valence-corrected chi connectivity index (χ2v) is 5.23. The van der Waals surface area contributed by atoms with Gasteiger partial charge in [-0.2, -0.15) is 0 Å². The van der Waals surface area contributed by atoms with Crippen molar-refractivity contribution in [1.82, 2.24) is 4.98 Å². The van der Waals surface area contributed by atoms with Gasteiger partial charge in [0.15, 0.2) is 0 Å². The fourth-order valence-electron chi connectivity index (χ4n) is 1.56. The topological polar surface area (TPSA) is 50.9 Å². The van der Waals surface area contributed by atoms with Crippen molar-refractivity contribution in [2.45, 2.75) is 6.92 Å². The van der Waals surface area contributed by atoms with Gasteiger partial charge >= 0.3 is 0 Å². The third kappa shape index (κ3) is 3.27. The van der Waals surface area contributed by atoms with Gasteiger partial charge in [-0.1, -0.05) is 28.1 Å². The van der Waals surface area contributed by atoms with Crippen LogP contribution in [0.5, 0.6) is 0 Å². The minimum atomic E-state index is 0.374. The Labute approximate surface area is 120 Å². The van der Waals surface area contributed by atoms with E-state index in [9.17, 15) is 0 Å². The number of benzene rings is 1. The van der Waals surface area contributed by atoms with Gasteiger partial charge in [-0.15, -0.1) is 0 Å². The molecule has 0 spiro atoms. The van der Waals surface area contributed by atoms with Crippen LogP contribution >= 0.6 is 28.1 Å². The summed E-state index contributed by atoms with van der Waals surface area (Å²) in [6, 6.07) is 11.6. The molecular formula is C13H12BrN3S. The minimum Gasteiger partial charge on any atom is -0.389 e. The quantitative estimate of drug-likeness (QED) is 0.849. The summed E-state index contributed by atoms with van der Waals surface area (Å²) >= 11 is 8.38. The molecule has 0 bridgehead atoms. The summed E-state index contributed by atoms with van der Waals surface area (Å²) in [5.41, 5.74) is 8.29. The molecule has 0 fully saturated rings. The predicted molar refractivity (Wildman–Crippen MR) is 82.3 cm³/mol. The van der Waals surface area contributed by atoms with Crippen LogP contribution < -0.4 is 11.1 Å². The number of aromatic nitrogens is 1. The molecular weight excluding hydrogens is 310 g/mol. The first-order chi connectivity index (χ1) is 8.54. The lowest BCUT2D eigenvalue weighted by Crippen LogP contribution is -2.10. The van der Waals surface area contributed by atoms with Crippen LogP contribution in [0.4, 0.5) is 11.5 Å². The van der Waals surface area contributed by atoms with Crippen molar-refractivity contribution >= 4 is 44.6 Å². The zero-order valence-corrected chi connectivity index (χ0v) is 12.2. The Balaban J connectivity index is 2.28. The SMILES string of the molecule is Cc1cc(C(N)=S)cc(Nc2ccc(Br)cc2)n1. The fraction of sp³-hybridized carbons (Fsp3) is 0.0769. The van der Waals surface area contributed by atoms with Crippen LogP contribution in [-0.2, 0) is 0 Å². The molecule has 5 heteroatoms. The molecule has 1 aromatic carbocycles. The Morgan fingerprint density at radius 2 is 1.94 bits per heavy atom. The number of hydrogen-bond acceptors (Lipinski definition) is 3. The Bertz CT molecular complexity index is 581. The third-order valence-corrected chi connectivity index (χ3v) is 3.12. The van der Waals surface area contributed by atoms with E-state index in [0.29, 0.717) is 4.99 Å². The van der Waals surface area contributed by atoms with E-state index in [-0.39, 0.29) is 0 Å². The Morgan fingerprint density at radius 3 is 2.56 bits per heavy atom. The largest absolute Gasteiger partial charge is 0.389 e. The van der Waals surface area contributed by atoms with E-state index in [1.54, 1.807) is 0 Å². The summed E-state index contributed by atoms with van der Waals surface area (Å²) in [6.07, 6.45) is 0. The summed E-state index contributed by atoms with van der Waals surface area (Å²) in [5, 5.41) is 3.22. The van der Waals surface area contributed by atoms with E-state index in [1.165, 1.54) is 0 Å². The minimum absolute atomic E-state index is 0.374. The number of anilines is 2. The maximum atomic E-state index is 5.63. The molecule has 0 unspecified atom stereocenters. The van der Waals surface area contributed by atoms with Crippen LogP contribution in [0, 0.1) is 6.92 Å². The van der Waals surface area contributed by atoms with E-state index in [1.807, 2.05) is 43.3 Å². The number of halogens is 1. The molecule has 2 rings (SSSR count). The van der Waals surface area contributed by atoms with E-state index < -0.39 is 0 Å². The first-order valence-electron chi connectivity index (χ1n) is 5.36. The third-order valence-electron chi connectivity index (χ3n) is 2.35. The van der Waals surface area contributed by atoms with Gasteiger partial charge in [-0.25, -0.2) is 4.98 Å². The molecule has 0 atom stereocenters. The van der Waals surface area contributed by atoms with Crippen molar-refractivity contribution in [3.05, 3.63) is 52.1 Å². The van der Waals surface area contributed by atoms with Gasteiger partial charge in [0.05, 0.1) is 0 Å². The van der Waals surface area contributed by atoms with Gasteiger partial charge < -0.3 is 11.1 Å². The van der Waals surface area contributed by atoms with Gasteiger partial charge in [0, 0.05) is 21.4 Å². The molecule has 0 aliphatic rings. The normalized spacial score (nSPS) is 10.1. The van der Waals surface area contributed by atoms with Gasteiger partial charge in [0.2, 0.25) is 0 Å². The molecule has 1 heterocycles. The molecule has 0 saturated carbocycles. The molecule has 3 N–H and O–H groups in total. The van der Waals surface area contributed by atoms with E-state index in [0.717, 1.165) is 27.2 Å². The smallest absolute Gasteiger partial charge is 0.131 e. The van der Waals surface area contributed by atoms with Crippen LogP contribution in [0.3, 0.4) is 0 Å². The van der Waals surface area contributed by atoms with Crippen molar-refractivity contribution in [2.75, 3.05) is 5.32 Å². The molecule has 0 aliphatic carbocycles. The summed E-state index contributed by atoms with van der Waals surface area (Å²) in [7, 11) is 0. The highest BCUT2D eigenvalue weighted by Gasteiger charge is 2.03. The second-order valence-electron chi connectivity index (χ2n) is 3.88. The van der Waals surface area contributed by atoms with Crippen LogP contribution in [0.15, 0.2) is 40.9 Å². The zero-order chi connectivity index (χ0) is 13.1. The highest BCUT2D eigenvalue weighted by atomic mass is 79.9. The molecule has 0 radical (unpaired) electrons. The summed E-state index contributed by atoms with van der Waals surface area (Å²) in [4.78, 5) is 4.77. The average Bonchev–Trinajstić information content (AvgIpc) is 2.31. The van der Waals surface area contributed by atoms with E-state index in [4.69, 9.17) is 18.0 Å². The lowest BCUT2D eigenvalue weighted by molar-refractivity contribution is 1.19. The van der Waals surface area contributed by atoms with Crippen molar-refractivity contribution in [2.24, 2.45) is 5.73 Å². The number of aryl methyl sites for hydroxylation is 1. The van der Waals surface area contributed by atoms with E-state index in [2.05, 4.69) is 26.2 Å². The summed E-state index contributed by atoms with van der Waals surface area (Å²) in [6.45, 7) is 1.91. The Morgan fingerprint density at radius 1 is 1.28 bits per heavy atom. The number of thiocarbonyl (C=S) groups is 1. The van der Waals surface area contributed by atoms with Crippen molar-refractivity contribution in [3.63, 3.8) is 0 Å². The number of hydrogen-bond donors (Lipinski definition) is 2. The Hall–Kier alpha value is -1.46. The highest BCUT2D eigenvalue weighted by molar-refractivity contribution is 9.10. The van der Waals surface area contributed by atoms with Gasteiger partial charge in [-0.05, 0) is 43.3 Å². The molecule has 1 aromatic heterocycles. The lowest BCUT2D eigenvalue weighted by atomic mass is 10.2. The molecule has 0 aliphatic heterocycles. The van der Waals surface area contributed by atoms with Crippen LogP contribution in [0.2, 0.25) is 0 Å². The van der Waals surface area contributed by atoms with Crippen LogP contribution in [-0.4, -0.2) is 9.97 Å². The number of nitrogens with one attached hydrogen (secondary N) is 1. The number of nitrogens with two attached hydrogens (primary N) is 1. The van der Waals surface area contributed by atoms with Crippen LogP contribution in [0.25, 0.3) is 0 Å². The molecule has 0 saturated heterocycles. The molecule has 2 aromatic rings. The second kappa shape index (κ2) is 5.46. The number of rotatable bonds is 3. The first-order valence-corrected chi connectivity index (χ1v) is 6.56. The first kappa shape index (κ1) is 13.0. The van der Waals surface area contributed by atoms with Gasteiger partial charge in [-0.3, -0.25) is 0 Å². The van der Waals surface area contributed by atoms with E-state index >= 15 is 0 Å². The predicted octanol–water partition coefficient (Wildman–Crippen LogP) is 3.53. The molecule has 92 valence electrons. The summed E-state index contributed by atoms with van der Waals surface area (Å²) < 4.78 is 1.04. The number of nitrogens with zero attached hydrogens (tertiary/aromatic N) is 1. The molecule has 3 nitrogen and oxygen atoms in total. The van der Waals surface area contributed by atoms with Crippen molar-refractivity contribution < 1.29 is 0 Å². The van der Waals surface area contributed by atoms with Crippen molar-refractivity contribution in [3.8, 4) is 0 Å². The molecule has 0 amide bonds. The van der Waals surface area contributed by atoms with Gasteiger partial charge in [0.25, 0.3) is 0 Å². The Kier molecular flexibility index (Phi) is 3.93. The highest BCUT2D eigenvalue weighted by Crippen LogP contribution is 2.19. The zero-order valence-electron chi connectivity index (χ0n) is 9.77. The molecule has 18 heavy (non-hydrogen) atoms. The maximum absolute atomic E-state index is 5.63. The number of pyridine rings is 1. The maximum Gasteiger partial charge on any atom is 0.131 e. The standard InChI is InChI=1S/C13H12BrN3S/c1-8-6-9(13(15)18)7-12(16-8)17-11-4-2-10(14)3-5-11/h2-7H,1H3,(H2,15,18)(H,16,17). The lowest BCUT2D eigenvalue weighted by Gasteiger charge is -2.08. The monoisotopic (exact) mass is 321 g/mol. The van der Waals surface area contributed by atoms with Crippen molar-refractivity contribution in [1.29, 1.82) is 0 Å². The van der Waals surface area contributed by atoms with Gasteiger partial charge in [0.1, 0.15) is 10.8 Å². The summed E-state index contributed by atoms with van der Waals surface area (Å²) in [5.74, 6) is 0.736.